The minimum Gasteiger partial charge on any atom is -0.465 e. The molecule has 6 heteroatoms. The van der Waals surface area contributed by atoms with Crippen molar-refractivity contribution < 1.29 is 19.1 Å². The van der Waals surface area contributed by atoms with Crippen LogP contribution in [0.3, 0.4) is 0 Å². The van der Waals surface area contributed by atoms with Crippen molar-refractivity contribution >= 4 is 17.6 Å². The molecule has 1 heterocycles. The Morgan fingerprint density at radius 3 is 2.95 bits per heavy atom. The van der Waals surface area contributed by atoms with Gasteiger partial charge in [0.05, 0.1) is 31.0 Å². The number of nitrogens with zero attached hydrogens (tertiary/aromatic N) is 2. The first-order valence-corrected chi connectivity index (χ1v) is 5.65. The van der Waals surface area contributed by atoms with Crippen molar-refractivity contribution in [2.45, 2.75) is 6.04 Å². The minimum atomic E-state index is -0.743. The van der Waals surface area contributed by atoms with Gasteiger partial charge in [0.15, 0.2) is 0 Å². The Labute approximate surface area is 110 Å². The Balaban J connectivity index is 2.47. The van der Waals surface area contributed by atoms with E-state index in [0.29, 0.717) is 5.69 Å². The maximum atomic E-state index is 11.9. The second-order valence-corrected chi connectivity index (χ2v) is 3.93. The molecule has 1 amide bonds. The lowest BCUT2D eigenvalue weighted by Gasteiger charge is -2.32. The normalized spacial score (nSPS) is 18.8. The largest absolute Gasteiger partial charge is 0.465 e. The van der Waals surface area contributed by atoms with Crippen LogP contribution >= 0.6 is 0 Å². The number of para-hydroxylation sites is 1. The molecule has 1 unspecified atom stereocenters. The molecule has 0 spiro atoms. The standard InChI is InChI=1S/C13H12N2O4/c1-18-13(17)10-4-2-3-5-11(10)15-9(6-14)7-19-8-12(15)16/h2-5,9H,7-8H2,1H3. The number of hydrogen-bond acceptors (Lipinski definition) is 5. The first kappa shape index (κ1) is 13.1. The molecule has 6 nitrogen and oxygen atoms in total. The average Bonchev–Trinajstić information content (AvgIpc) is 2.46. The third-order valence-corrected chi connectivity index (χ3v) is 2.80. The molecule has 1 aromatic rings. The van der Waals surface area contributed by atoms with Gasteiger partial charge in [-0.05, 0) is 12.1 Å². The zero-order valence-corrected chi connectivity index (χ0v) is 10.3. The lowest BCUT2D eigenvalue weighted by Crippen LogP contribution is -2.49. The van der Waals surface area contributed by atoms with Gasteiger partial charge in [-0.15, -0.1) is 0 Å². The minimum absolute atomic E-state index is 0.103. The third-order valence-electron chi connectivity index (χ3n) is 2.80. The highest BCUT2D eigenvalue weighted by Gasteiger charge is 2.32. The van der Waals surface area contributed by atoms with E-state index in [1.807, 2.05) is 6.07 Å². The van der Waals surface area contributed by atoms with Crippen molar-refractivity contribution in [3.05, 3.63) is 29.8 Å². The van der Waals surface area contributed by atoms with E-state index in [9.17, 15) is 9.59 Å². The molecule has 2 rings (SSSR count). The number of esters is 1. The molecule has 1 atom stereocenters. The van der Waals surface area contributed by atoms with Crippen molar-refractivity contribution in [3.8, 4) is 6.07 Å². The Morgan fingerprint density at radius 2 is 2.26 bits per heavy atom. The Bertz CT molecular complexity index is 550. The summed E-state index contributed by atoms with van der Waals surface area (Å²) >= 11 is 0. The highest BCUT2D eigenvalue weighted by Crippen LogP contribution is 2.25. The molecule has 0 saturated carbocycles. The van der Waals surface area contributed by atoms with Crippen molar-refractivity contribution in [3.63, 3.8) is 0 Å². The quantitative estimate of drug-likeness (QED) is 0.732. The lowest BCUT2D eigenvalue weighted by molar-refractivity contribution is -0.126. The van der Waals surface area contributed by atoms with Crippen molar-refractivity contribution in [1.29, 1.82) is 5.26 Å². The number of anilines is 1. The van der Waals surface area contributed by atoms with E-state index in [4.69, 9.17) is 10.00 Å². The first-order valence-electron chi connectivity index (χ1n) is 5.65. The number of nitriles is 1. The van der Waals surface area contributed by atoms with E-state index in [1.165, 1.54) is 12.0 Å². The number of carbonyl (C=O) groups excluding carboxylic acids is 2. The predicted octanol–water partition coefficient (Wildman–Crippen LogP) is 0.729. The fourth-order valence-electron chi connectivity index (χ4n) is 1.94. The van der Waals surface area contributed by atoms with E-state index in [1.54, 1.807) is 24.3 Å². The molecular weight excluding hydrogens is 248 g/mol. The summed E-state index contributed by atoms with van der Waals surface area (Å²) in [6, 6.07) is 7.78. The van der Waals surface area contributed by atoms with Crippen LogP contribution in [0.4, 0.5) is 5.69 Å². The summed E-state index contributed by atoms with van der Waals surface area (Å²) in [7, 11) is 1.27. The number of morpholine rings is 1. The summed E-state index contributed by atoms with van der Waals surface area (Å²) in [5.74, 6) is -0.902. The number of hydrogen-bond donors (Lipinski definition) is 0. The maximum Gasteiger partial charge on any atom is 0.339 e. The molecule has 0 radical (unpaired) electrons. The fourth-order valence-corrected chi connectivity index (χ4v) is 1.94. The number of amides is 1. The summed E-state index contributed by atoms with van der Waals surface area (Å²) in [5.41, 5.74) is 0.620. The van der Waals surface area contributed by atoms with Crippen LogP contribution in [-0.2, 0) is 14.3 Å². The SMILES string of the molecule is COC(=O)c1ccccc1N1C(=O)COCC1C#N. The molecule has 1 aromatic carbocycles. The Hall–Kier alpha value is -2.39. The van der Waals surface area contributed by atoms with Gasteiger partial charge in [-0.25, -0.2) is 4.79 Å². The Morgan fingerprint density at radius 1 is 1.53 bits per heavy atom. The second-order valence-electron chi connectivity index (χ2n) is 3.93. The summed E-state index contributed by atoms with van der Waals surface area (Å²) in [4.78, 5) is 24.9. The molecule has 0 bridgehead atoms. The van der Waals surface area contributed by atoms with Crippen molar-refractivity contribution in [2.75, 3.05) is 25.2 Å². The molecule has 19 heavy (non-hydrogen) atoms. The topological polar surface area (TPSA) is 79.6 Å². The van der Waals surface area contributed by atoms with Gasteiger partial charge in [0.2, 0.25) is 0 Å². The monoisotopic (exact) mass is 260 g/mol. The average molecular weight is 260 g/mol. The van der Waals surface area contributed by atoms with E-state index >= 15 is 0 Å². The first-order chi connectivity index (χ1) is 9.19. The third kappa shape index (κ3) is 2.41. The van der Waals surface area contributed by atoms with Crippen LogP contribution < -0.4 is 4.90 Å². The zero-order chi connectivity index (χ0) is 13.8. The number of rotatable bonds is 2. The van der Waals surface area contributed by atoms with Gasteiger partial charge in [-0.3, -0.25) is 9.69 Å². The van der Waals surface area contributed by atoms with Crippen LogP contribution in [0.15, 0.2) is 24.3 Å². The molecule has 98 valence electrons. The number of carbonyl (C=O) groups is 2. The fraction of sp³-hybridized carbons (Fsp3) is 0.308. The van der Waals surface area contributed by atoms with E-state index < -0.39 is 12.0 Å². The highest BCUT2D eigenvalue weighted by molar-refractivity contribution is 6.03. The second kappa shape index (κ2) is 5.50. The van der Waals surface area contributed by atoms with Gasteiger partial charge in [0.25, 0.3) is 5.91 Å². The molecular formula is C13H12N2O4. The number of benzene rings is 1. The number of ether oxygens (including phenoxy) is 2. The van der Waals surface area contributed by atoms with Crippen molar-refractivity contribution in [2.24, 2.45) is 0 Å². The predicted molar refractivity (Wildman–Crippen MR) is 65.5 cm³/mol. The van der Waals surface area contributed by atoms with Gasteiger partial charge >= 0.3 is 5.97 Å². The molecule has 1 aliphatic rings. The van der Waals surface area contributed by atoms with Crippen LogP contribution in [-0.4, -0.2) is 38.2 Å². The van der Waals surface area contributed by atoms with Gasteiger partial charge in [0, 0.05) is 0 Å². The van der Waals surface area contributed by atoms with E-state index in [-0.39, 0.29) is 24.7 Å². The van der Waals surface area contributed by atoms with Crippen LogP contribution in [0.1, 0.15) is 10.4 Å². The Kier molecular flexibility index (Phi) is 3.78. The summed E-state index contributed by atoms with van der Waals surface area (Å²) in [6.45, 7) is 0.0193. The van der Waals surface area contributed by atoms with Gasteiger partial charge < -0.3 is 9.47 Å². The van der Waals surface area contributed by atoms with Crippen LogP contribution in [0.25, 0.3) is 0 Å². The molecule has 0 aliphatic carbocycles. The van der Waals surface area contributed by atoms with Gasteiger partial charge in [-0.2, -0.15) is 5.26 Å². The van der Waals surface area contributed by atoms with Crippen LogP contribution in [0, 0.1) is 11.3 Å². The number of methoxy groups -OCH3 is 1. The maximum absolute atomic E-state index is 11.9. The molecule has 0 N–H and O–H groups in total. The van der Waals surface area contributed by atoms with Crippen LogP contribution in [0.5, 0.6) is 0 Å². The molecule has 1 fully saturated rings. The smallest absolute Gasteiger partial charge is 0.339 e. The van der Waals surface area contributed by atoms with Gasteiger partial charge in [0.1, 0.15) is 12.6 Å². The summed E-state index contributed by atoms with van der Waals surface area (Å²) in [6.07, 6.45) is 0. The zero-order valence-electron chi connectivity index (χ0n) is 10.3. The lowest BCUT2D eigenvalue weighted by atomic mass is 10.1. The van der Waals surface area contributed by atoms with Crippen molar-refractivity contribution in [1.82, 2.24) is 0 Å². The molecule has 1 saturated heterocycles. The van der Waals surface area contributed by atoms with Gasteiger partial charge in [-0.1, -0.05) is 12.1 Å². The molecule has 0 aromatic heterocycles. The highest BCUT2D eigenvalue weighted by atomic mass is 16.5. The molecule has 1 aliphatic heterocycles. The summed E-state index contributed by atoms with van der Waals surface area (Å²) < 4.78 is 9.71. The summed E-state index contributed by atoms with van der Waals surface area (Å²) in [5, 5.41) is 9.09. The van der Waals surface area contributed by atoms with E-state index in [0.717, 1.165) is 0 Å². The van der Waals surface area contributed by atoms with Crippen LogP contribution in [0.2, 0.25) is 0 Å². The van der Waals surface area contributed by atoms with E-state index in [2.05, 4.69) is 4.74 Å².